The standard InChI is InChI=1S/C40H49BrClN3O2/c1-25(2)44(26(3)4)32-19-21-35(38(23-32)45(27(5)6)28(7)8)39(34-12-10-11-13-37(34)41)33-20-18-31(22-36(33)40(46)47)43(9)24-29-14-16-30(42)17-15-29/h10-23,25-28,39H,24H2,1-9H3,(H,46,47). The van der Waals surface area contributed by atoms with E-state index in [4.69, 9.17) is 11.6 Å². The van der Waals surface area contributed by atoms with Crippen LogP contribution in [0.2, 0.25) is 5.02 Å². The van der Waals surface area contributed by atoms with E-state index < -0.39 is 5.97 Å². The van der Waals surface area contributed by atoms with Gasteiger partial charge >= 0.3 is 5.97 Å². The van der Waals surface area contributed by atoms with E-state index in [1.807, 2.05) is 67.7 Å². The maximum atomic E-state index is 13.1. The number of aromatic carboxylic acids is 1. The van der Waals surface area contributed by atoms with E-state index in [0.29, 0.717) is 23.7 Å². The highest BCUT2D eigenvalue weighted by molar-refractivity contribution is 9.10. The molecule has 0 heterocycles. The quantitative estimate of drug-likeness (QED) is 0.139. The first-order valence-electron chi connectivity index (χ1n) is 16.5. The lowest BCUT2D eigenvalue weighted by atomic mass is 9.81. The van der Waals surface area contributed by atoms with Gasteiger partial charge in [0.2, 0.25) is 0 Å². The highest BCUT2D eigenvalue weighted by Crippen LogP contribution is 2.44. The van der Waals surface area contributed by atoms with Gasteiger partial charge in [-0.25, -0.2) is 4.79 Å². The van der Waals surface area contributed by atoms with Crippen molar-refractivity contribution < 1.29 is 9.90 Å². The minimum absolute atomic E-state index is 0.221. The number of rotatable bonds is 13. The van der Waals surface area contributed by atoms with Crippen LogP contribution in [0.5, 0.6) is 0 Å². The molecule has 0 fully saturated rings. The number of benzene rings is 4. The van der Waals surface area contributed by atoms with Gasteiger partial charge in [-0.2, -0.15) is 0 Å². The summed E-state index contributed by atoms with van der Waals surface area (Å²) in [7, 11) is 1.98. The van der Waals surface area contributed by atoms with E-state index in [0.717, 1.165) is 43.8 Å². The zero-order chi connectivity index (χ0) is 34.6. The largest absolute Gasteiger partial charge is 0.478 e. The van der Waals surface area contributed by atoms with Crippen molar-refractivity contribution in [3.05, 3.63) is 122 Å². The van der Waals surface area contributed by atoms with Gasteiger partial charge in [0.15, 0.2) is 0 Å². The Morgan fingerprint density at radius 2 is 1.26 bits per heavy atom. The van der Waals surface area contributed by atoms with Crippen LogP contribution in [-0.4, -0.2) is 42.3 Å². The maximum absolute atomic E-state index is 13.1. The van der Waals surface area contributed by atoms with Gasteiger partial charge in [-0.1, -0.05) is 70.0 Å². The lowest BCUT2D eigenvalue weighted by molar-refractivity contribution is 0.0695. The van der Waals surface area contributed by atoms with Crippen LogP contribution >= 0.6 is 27.5 Å². The minimum atomic E-state index is -0.952. The smallest absolute Gasteiger partial charge is 0.336 e. The topological polar surface area (TPSA) is 47.0 Å². The van der Waals surface area contributed by atoms with Gasteiger partial charge in [0.05, 0.1) is 5.56 Å². The molecule has 0 aliphatic rings. The first-order chi connectivity index (χ1) is 22.2. The van der Waals surface area contributed by atoms with Gasteiger partial charge in [0.25, 0.3) is 0 Å². The summed E-state index contributed by atoms with van der Waals surface area (Å²) in [6.07, 6.45) is 0. The Morgan fingerprint density at radius 3 is 1.81 bits per heavy atom. The van der Waals surface area contributed by atoms with Crippen molar-refractivity contribution in [2.24, 2.45) is 0 Å². The number of anilines is 3. The van der Waals surface area contributed by atoms with Crippen LogP contribution in [0, 0.1) is 0 Å². The van der Waals surface area contributed by atoms with E-state index in [1.165, 1.54) is 0 Å². The molecule has 4 aromatic rings. The summed E-state index contributed by atoms with van der Waals surface area (Å²) in [5.41, 5.74) is 7.31. The number of carboxylic acid groups (broad SMARTS) is 1. The van der Waals surface area contributed by atoms with E-state index >= 15 is 0 Å². The molecule has 5 nitrogen and oxygen atoms in total. The molecular weight excluding hydrogens is 670 g/mol. The predicted octanol–water partition coefficient (Wildman–Crippen LogP) is 10.9. The third kappa shape index (κ3) is 8.33. The second-order valence-electron chi connectivity index (χ2n) is 13.4. The lowest BCUT2D eigenvalue weighted by Crippen LogP contribution is -2.39. The average molecular weight is 719 g/mol. The normalized spacial score (nSPS) is 12.2. The maximum Gasteiger partial charge on any atom is 0.336 e. The van der Waals surface area contributed by atoms with Crippen molar-refractivity contribution in [1.29, 1.82) is 0 Å². The van der Waals surface area contributed by atoms with Crippen LogP contribution in [0.25, 0.3) is 0 Å². The Hall–Kier alpha value is -3.48. The highest BCUT2D eigenvalue weighted by atomic mass is 79.9. The first kappa shape index (κ1) is 36.4. The van der Waals surface area contributed by atoms with Gasteiger partial charge in [-0.15, -0.1) is 0 Å². The van der Waals surface area contributed by atoms with Crippen LogP contribution < -0.4 is 14.7 Å². The number of carboxylic acids is 1. The van der Waals surface area contributed by atoms with Crippen LogP contribution in [0.1, 0.15) is 93.9 Å². The van der Waals surface area contributed by atoms with Crippen LogP contribution in [0.3, 0.4) is 0 Å². The summed E-state index contributed by atoms with van der Waals surface area (Å²) >= 11 is 9.95. The minimum Gasteiger partial charge on any atom is -0.478 e. The summed E-state index contributed by atoms with van der Waals surface area (Å²) in [4.78, 5) is 20.1. The Kier molecular flexibility index (Phi) is 12.1. The van der Waals surface area contributed by atoms with Gasteiger partial charge in [-0.05, 0) is 120 Å². The molecule has 0 aliphatic carbocycles. The Morgan fingerprint density at radius 1 is 0.702 bits per heavy atom. The van der Waals surface area contributed by atoms with E-state index in [2.05, 4.69) is 110 Å². The SMILES string of the molecule is CC(C)N(c1ccc(C(c2ccccc2Br)c2ccc(N(C)Cc3ccc(Cl)cc3)cc2C(=O)O)c(N(C(C)C)C(C)C)c1)C(C)C. The van der Waals surface area contributed by atoms with Crippen molar-refractivity contribution in [3.63, 3.8) is 0 Å². The third-order valence-corrected chi connectivity index (χ3v) is 9.67. The molecule has 0 saturated carbocycles. The predicted molar refractivity (Wildman–Crippen MR) is 204 cm³/mol. The Balaban J connectivity index is 1.98. The molecule has 4 rings (SSSR count). The molecule has 0 aromatic heterocycles. The van der Waals surface area contributed by atoms with Gasteiger partial charge in [-0.3, -0.25) is 0 Å². The highest BCUT2D eigenvalue weighted by Gasteiger charge is 2.30. The zero-order valence-corrected chi connectivity index (χ0v) is 31.5. The summed E-state index contributed by atoms with van der Waals surface area (Å²) < 4.78 is 0.937. The average Bonchev–Trinajstić information content (AvgIpc) is 2.99. The molecule has 0 saturated heterocycles. The molecule has 4 aromatic carbocycles. The molecule has 47 heavy (non-hydrogen) atoms. The first-order valence-corrected chi connectivity index (χ1v) is 17.7. The molecular formula is C40H49BrClN3O2. The summed E-state index contributed by atoms with van der Waals surface area (Å²) in [6.45, 7) is 18.4. The second kappa shape index (κ2) is 15.6. The van der Waals surface area contributed by atoms with Crippen molar-refractivity contribution in [2.75, 3.05) is 21.7 Å². The fourth-order valence-corrected chi connectivity index (χ4v) is 7.53. The summed E-state index contributed by atoms with van der Waals surface area (Å²) in [6, 6.07) is 29.6. The second-order valence-corrected chi connectivity index (χ2v) is 14.7. The van der Waals surface area contributed by atoms with E-state index in [9.17, 15) is 9.90 Å². The summed E-state index contributed by atoms with van der Waals surface area (Å²) in [5, 5.41) is 11.4. The van der Waals surface area contributed by atoms with Crippen molar-refractivity contribution in [2.45, 2.75) is 92.0 Å². The van der Waals surface area contributed by atoms with E-state index in [-0.39, 0.29) is 23.6 Å². The van der Waals surface area contributed by atoms with Crippen LogP contribution in [0.4, 0.5) is 17.1 Å². The zero-order valence-electron chi connectivity index (χ0n) is 29.1. The molecule has 1 unspecified atom stereocenters. The molecule has 1 atom stereocenters. The van der Waals surface area contributed by atoms with Gasteiger partial charge in [0.1, 0.15) is 0 Å². The number of nitrogens with zero attached hydrogens (tertiary/aromatic N) is 3. The molecule has 0 aliphatic heterocycles. The fourth-order valence-electron chi connectivity index (χ4n) is 6.89. The number of hydrogen-bond donors (Lipinski definition) is 1. The van der Waals surface area contributed by atoms with Crippen LogP contribution in [-0.2, 0) is 6.54 Å². The molecule has 0 amide bonds. The summed E-state index contributed by atoms with van der Waals surface area (Å²) in [5.74, 6) is -1.30. The molecule has 0 bridgehead atoms. The molecule has 0 radical (unpaired) electrons. The van der Waals surface area contributed by atoms with Gasteiger partial charge in [0, 0.05) is 70.2 Å². The molecule has 0 spiro atoms. The number of hydrogen-bond acceptors (Lipinski definition) is 4. The van der Waals surface area contributed by atoms with Crippen LogP contribution in [0.15, 0.2) is 89.4 Å². The van der Waals surface area contributed by atoms with Gasteiger partial charge < -0.3 is 19.8 Å². The van der Waals surface area contributed by atoms with Crippen molar-refractivity contribution >= 4 is 50.6 Å². The Bertz CT molecular complexity index is 1650. The fraction of sp³-hybridized carbons (Fsp3) is 0.375. The third-order valence-electron chi connectivity index (χ3n) is 8.69. The Labute approximate surface area is 295 Å². The molecule has 1 N–H and O–H groups in total. The molecule has 250 valence electrons. The number of halogens is 2. The molecule has 7 heteroatoms. The monoisotopic (exact) mass is 717 g/mol. The lowest BCUT2D eigenvalue weighted by Gasteiger charge is -2.39. The van der Waals surface area contributed by atoms with Crippen molar-refractivity contribution in [1.82, 2.24) is 0 Å². The van der Waals surface area contributed by atoms with E-state index in [1.54, 1.807) is 0 Å². The van der Waals surface area contributed by atoms with Crippen molar-refractivity contribution in [3.8, 4) is 0 Å². The number of carbonyl (C=O) groups is 1.